The molecule has 1 aromatic carbocycles. The molecule has 7 heteroatoms. The van der Waals surface area contributed by atoms with E-state index in [1.54, 1.807) is 12.1 Å². The van der Waals surface area contributed by atoms with E-state index in [1.165, 1.54) is 36.3 Å². The van der Waals surface area contributed by atoms with Gasteiger partial charge in [-0.2, -0.15) is 0 Å². The number of hydrogen-bond donors (Lipinski definition) is 2. The molecule has 2 N–H and O–H groups in total. The fraction of sp³-hybridized carbons (Fsp3) is 0.500. The van der Waals surface area contributed by atoms with Crippen LogP contribution in [0.15, 0.2) is 24.3 Å². The van der Waals surface area contributed by atoms with Crippen molar-refractivity contribution in [3.8, 4) is 0 Å². The second kappa shape index (κ2) is 7.07. The predicted molar refractivity (Wildman–Crippen MR) is 95.1 cm³/mol. The Morgan fingerprint density at radius 2 is 1.84 bits per heavy atom. The SMILES string of the molecule is O=C(Nc1nnc(C2CC2)s1)N[C@@H](c1ccc(F)cc1)C1CCCC1. The summed E-state index contributed by atoms with van der Waals surface area (Å²) in [4.78, 5) is 12.5. The molecule has 0 radical (unpaired) electrons. The number of hydrogen-bond acceptors (Lipinski definition) is 4. The fourth-order valence-electron chi connectivity index (χ4n) is 3.49. The summed E-state index contributed by atoms with van der Waals surface area (Å²) in [6.07, 6.45) is 6.82. The molecule has 0 unspecified atom stereocenters. The molecule has 0 spiro atoms. The zero-order chi connectivity index (χ0) is 17.2. The number of carbonyl (C=O) groups excluding carboxylic acids is 1. The molecule has 0 bridgehead atoms. The van der Waals surface area contributed by atoms with Gasteiger partial charge in [0.25, 0.3) is 0 Å². The van der Waals surface area contributed by atoms with Gasteiger partial charge in [-0.3, -0.25) is 5.32 Å². The molecule has 0 aliphatic heterocycles. The summed E-state index contributed by atoms with van der Waals surface area (Å²) in [5.41, 5.74) is 0.944. The molecule has 2 saturated carbocycles. The molecule has 25 heavy (non-hydrogen) atoms. The van der Waals surface area contributed by atoms with E-state index in [1.807, 2.05) is 0 Å². The molecule has 1 aromatic heterocycles. The van der Waals surface area contributed by atoms with Gasteiger partial charge < -0.3 is 5.32 Å². The molecule has 5 nitrogen and oxygen atoms in total. The van der Waals surface area contributed by atoms with Gasteiger partial charge in [0.2, 0.25) is 5.13 Å². The summed E-state index contributed by atoms with van der Waals surface area (Å²) in [5, 5.41) is 15.6. The van der Waals surface area contributed by atoms with Crippen LogP contribution >= 0.6 is 11.3 Å². The standard InChI is InChI=1S/C18H21FN4OS/c19-14-9-7-12(8-10-14)15(11-3-1-2-4-11)20-17(24)21-18-23-22-16(25-18)13-5-6-13/h7-11,13,15H,1-6H2,(H2,20,21,23,24)/t15-/m1/s1. The number of carbonyl (C=O) groups is 1. The minimum absolute atomic E-state index is 0.112. The molecule has 1 atom stereocenters. The highest BCUT2D eigenvalue weighted by molar-refractivity contribution is 7.15. The van der Waals surface area contributed by atoms with Gasteiger partial charge in [0.15, 0.2) is 0 Å². The van der Waals surface area contributed by atoms with E-state index in [0.717, 1.165) is 36.3 Å². The van der Waals surface area contributed by atoms with Gasteiger partial charge in [-0.1, -0.05) is 36.3 Å². The van der Waals surface area contributed by atoms with E-state index >= 15 is 0 Å². The zero-order valence-corrected chi connectivity index (χ0v) is 14.7. The molecule has 2 aliphatic carbocycles. The van der Waals surface area contributed by atoms with Gasteiger partial charge in [0.05, 0.1) is 6.04 Å². The molecule has 2 amide bonds. The number of rotatable bonds is 5. The maximum atomic E-state index is 13.2. The van der Waals surface area contributed by atoms with Crippen LogP contribution < -0.4 is 10.6 Å². The molecular formula is C18H21FN4OS. The van der Waals surface area contributed by atoms with Crippen molar-refractivity contribution in [2.45, 2.75) is 50.5 Å². The largest absolute Gasteiger partial charge is 0.331 e. The number of nitrogens with one attached hydrogen (secondary N) is 2. The van der Waals surface area contributed by atoms with E-state index in [2.05, 4.69) is 20.8 Å². The maximum Gasteiger partial charge on any atom is 0.321 e. The van der Waals surface area contributed by atoms with Gasteiger partial charge in [-0.25, -0.2) is 9.18 Å². The first-order chi connectivity index (χ1) is 12.2. The Hall–Kier alpha value is -2.02. The number of halogens is 1. The summed E-state index contributed by atoms with van der Waals surface area (Å²) >= 11 is 1.45. The molecule has 1 heterocycles. The Kier molecular flexibility index (Phi) is 4.65. The summed E-state index contributed by atoms with van der Waals surface area (Å²) < 4.78 is 13.2. The van der Waals surface area contributed by atoms with Crippen molar-refractivity contribution >= 4 is 22.5 Å². The molecule has 132 valence electrons. The van der Waals surface area contributed by atoms with Gasteiger partial charge in [-0.15, -0.1) is 10.2 Å². The Balaban J connectivity index is 1.44. The van der Waals surface area contributed by atoms with E-state index in [4.69, 9.17) is 0 Å². The maximum absolute atomic E-state index is 13.2. The van der Waals surface area contributed by atoms with Crippen LogP contribution in [0.2, 0.25) is 0 Å². The van der Waals surface area contributed by atoms with Crippen LogP contribution in [-0.4, -0.2) is 16.2 Å². The monoisotopic (exact) mass is 360 g/mol. The smallest absolute Gasteiger partial charge is 0.321 e. The third-order valence-corrected chi connectivity index (χ3v) is 5.98. The topological polar surface area (TPSA) is 66.9 Å². The van der Waals surface area contributed by atoms with Gasteiger partial charge >= 0.3 is 6.03 Å². The first-order valence-electron chi connectivity index (χ1n) is 8.85. The van der Waals surface area contributed by atoms with Crippen molar-refractivity contribution in [3.63, 3.8) is 0 Å². The van der Waals surface area contributed by atoms with Crippen molar-refractivity contribution in [2.24, 2.45) is 5.92 Å². The molecule has 2 aliphatic rings. The Morgan fingerprint density at radius 1 is 1.12 bits per heavy atom. The van der Waals surface area contributed by atoms with Gasteiger partial charge in [0, 0.05) is 5.92 Å². The predicted octanol–water partition coefficient (Wildman–Crippen LogP) is 4.61. The number of urea groups is 1. The number of aromatic nitrogens is 2. The first kappa shape index (κ1) is 16.4. The van der Waals surface area contributed by atoms with Crippen molar-refractivity contribution in [1.29, 1.82) is 0 Å². The van der Waals surface area contributed by atoms with Crippen LogP contribution in [0, 0.1) is 11.7 Å². The average Bonchev–Trinajstić information content (AvgIpc) is 3.12. The molecule has 4 rings (SSSR count). The first-order valence-corrected chi connectivity index (χ1v) is 9.67. The van der Waals surface area contributed by atoms with Crippen molar-refractivity contribution in [3.05, 3.63) is 40.7 Å². The zero-order valence-electron chi connectivity index (χ0n) is 13.9. The lowest BCUT2D eigenvalue weighted by atomic mass is 9.92. The Labute approximate surface area is 150 Å². The molecule has 2 aromatic rings. The van der Waals surface area contributed by atoms with Crippen molar-refractivity contribution < 1.29 is 9.18 Å². The van der Waals surface area contributed by atoms with Crippen molar-refractivity contribution in [1.82, 2.24) is 15.5 Å². The lowest BCUT2D eigenvalue weighted by molar-refractivity contribution is 0.242. The third kappa shape index (κ3) is 3.98. The molecule has 2 fully saturated rings. The third-order valence-electron chi connectivity index (χ3n) is 4.97. The summed E-state index contributed by atoms with van der Waals surface area (Å²) in [6.45, 7) is 0. The van der Waals surface area contributed by atoms with E-state index in [-0.39, 0.29) is 17.9 Å². The van der Waals surface area contributed by atoms with Crippen LogP contribution in [0.3, 0.4) is 0 Å². The number of anilines is 1. The van der Waals surface area contributed by atoms with E-state index in [0.29, 0.717) is 17.0 Å². The number of benzene rings is 1. The van der Waals surface area contributed by atoms with Crippen molar-refractivity contribution in [2.75, 3.05) is 5.32 Å². The van der Waals surface area contributed by atoms with Crippen LogP contribution in [0.4, 0.5) is 14.3 Å². The van der Waals surface area contributed by atoms with Crippen LogP contribution in [0.5, 0.6) is 0 Å². The minimum Gasteiger partial charge on any atom is -0.331 e. The quantitative estimate of drug-likeness (QED) is 0.818. The minimum atomic E-state index is -0.278. The van der Waals surface area contributed by atoms with Crippen LogP contribution in [0.1, 0.15) is 61.1 Å². The molecule has 0 saturated heterocycles. The lowest BCUT2D eigenvalue weighted by Gasteiger charge is -2.25. The lowest BCUT2D eigenvalue weighted by Crippen LogP contribution is -2.35. The second-order valence-corrected chi connectivity index (χ2v) is 7.90. The summed E-state index contributed by atoms with van der Waals surface area (Å²) in [7, 11) is 0. The van der Waals surface area contributed by atoms with E-state index < -0.39 is 0 Å². The average molecular weight is 360 g/mol. The number of nitrogens with zero attached hydrogens (tertiary/aromatic N) is 2. The number of amides is 2. The highest BCUT2D eigenvalue weighted by atomic mass is 32.1. The van der Waals surface area contributed by atoms with Crippen LogP contribution in [-0.2, 0) is 0 Å². The van der Waals surface area contributed by atoms with Gasteiger partial charge in [0.1, 0.15) is 10.8 Å². The fourth-order valence-corrected chi connectivity index (χ4v) is 4.40. The Morgan fingerprint density at radius 3 is 2.52 bits per heavy atom. The second-order valence-electron chi connectivity index (χ2n) is 6.89. The Bertz CT molecular complexity index is 738. The summed E-state index contributed by atoms with van der Waals surface area (Å²) in [5.74, 6) is 0.647. The normalized spacial score (nSPS) is 18.9. The highest BCUT2D eigenvalue weighted by Gasteiger charge is 2.29. The van der Waals surface area contributed by atoms with Gasteiger partial charge in [-0.05, 0) is 49.3 Å². The van der Waals surface area contributed by atoms with E-state index in [9.17, 15) is 9.18 Å². The summed E-state index contributed by atoms with van der Waals surface area (Å²) in [6, 6.07) is 6.02. The highest BCUT2D eigenvalue weighted by Crippen LogP contribution is 2.42. The van der Waals surface area contributed by atoms with Crippen LogP contribution in [0.25, 0.3) is 0 Å². The molecular weight excluding hydrogens is 339 g/mol.